The van der Waals surface area contributed by atoms with Crippen LogP contribution >= 0.6 is 15.9 Å². The molecule has 32 heavy (non-hydrogen) atoms. The van der Waals surface area contributed by atoms with Gasteiger partial charge in [0.25, 0.3) is 5.91 Å². The summed E-state index contributed by atoms with van der Waals surface area (Å²) in [6, 6.07) is 18.9. The highest BCUT2D eigenvalue weighted by atomic mass is 79.9. The van der Waals surface area contributed by atoms with E-state index in [4.69, 9.17) is 14.2 Å². The Hall–Kier alpha value is -3.32. The maximum absolute atomic E-state index is 12.5. The van der Waals surface area contributed by atoms with E-state index >= 15 is 0 Å². The van der Waals surface area contributed by atoms with E-state index in [1.54, 1.807) is 24.4 Å². The minimum atomic E-state index is -0.373. The molecule has 6 nitrogen and oxygen atoms in total. The Morgan fingerprint density at radius 1 is 1.00 bits per heavy atom. The lowest BCUT2D eigenvalue weighted by molar-refractivity contribution is 0.0952. The molecule has 1 N–H and O–H groups in total. The van der Waals surface area contributed by atoms with E-state index in [9.17, 15) is 4.79 Å². The average Bonchev–Trinajstić information content (AvgIpc) is 2.79. The Bertz CT molecular complexity index is 1100. The maximum Gasteiger partial charge on any atom is 0.275 e. The van der Waals surface area contributed by atoms with Crippen LogP contribution in [-0.2, 0) is 6.61 Å². The fraction of sp³-hybridized carbons (Fsp3) is 0.200. The van der Waals surface area contributed by atoms with Crippen molar-refractivity contribution in [2.75, 3.05) is 13.7 Å². The number of ether oxygens (including phenoxy) is 3. The largest absolute Gasteiger partial charge is 0.496 e. The molecule has 0 atom stereocenters. The van der Waals surface area contributed by atoms with Crippen LogP contribution in [0.2, 0.25) is 0 Å². The van der Waals surface area contributed by atoms with Gasteiger partial charge in [-0.1, -0.05) is 45.8 Å². The number of carbonyl (C=O) groups excluding carboxylic acids is 1. The summed E-state index contributed by atoms with van der Waals surface area (Å²) in [5, 5.41) is 4.06. The van der Waals surface area contributed by atoms with Crippen LogP contribution in [0.3, 0.4) is 0 Å². The molecule has 0 aromatic heterocycles. The van der Waals surface area contributed by atoms with Gasteiger partial charge in [0.2, 0.25) is 0 Å². The number of halogens is 1. The van der Waals surface area contributed by atoms with E-state index in [0.29, 0.717) is 36.0 Å². The first-order chi connectivity index (χ1) is 15.5. The predicted octanol–water partition coefficient (Wildman–Crippen LogP) is 5.51. The van der Waals surface area contributed by atoms with Crippen LogP contribution in [0.4, 0.5) is 0 Å². The number of aryl methyl sites for hydroxylation is 1. The zero-order valence-electron chi connectivity index (χ0n) is 18.2. The van der Waals surface area contributed by atoms with Crippen LogP contribution in [0.25, 0.3) is 0 Å². The van der Waals surface area contributed by atoms with E-state index in [1.165, 1.54) is 12.7 Å². The summed E-state index contributed by atoms with van der Waals surface area (Å²) >= 11 is 3.36. The number of nitrogens with zero attached hydrogens (tertiary/aromatic N) is 1. The van der Waals surface area contributed by atoms with Crippen LogP contribution in [0, 0.1) is 6.92 Å². The van der Waals surface area contributed by atoms with Crippen molar-refractivity contribution in [2.45, 2.75) is 20.5 Å². The molecule has 3 aromatic rings. The van der Waals surface area contributed by atoms with E-state index < -0.39 is 0 Å². The second-order valence-electron chi connectivity index (χ2n) is 6.96. The number of rotatable bonds is 9. The number of methoxy groups -OCH3 is 1. The molecule has 0 aliphatic heterocycles. The number of carbonyl (C=O) groups is 1. The third-order valence-corrected chi connectivity index (χ3v) is 5.06. The van der Waals surface area contributed by atoms with Gasteiger partial charge in [0.15, 0.2) is 11.5 Å². The summed E-state index contributed by atoms with van der Waals surface area (Å²) in [5.41, 5.74) is 5.95. The van der Waals surface area contributed by atoms with Crippen molar-refractivity contribution in [1.29, 1.82) is 0 Å². The van der Waals surface area contributed by atoms with Crippen molar-refractivity contribution in [1.82, 2.24) is 5.43 Å². The smallest absolute Gasteiger partial charge is 0.275 e. The monoisotopic (exact) mass is 496 g/mol. The third kappa shape index (κ3) is 6.34. The molecule has 0 unspecified atom stereocenters. The Morgan fingerprint density at radius 2 is 1.75 bits per heavy atom. The second kappa shape index (κ2) is 11.3. The number of hydrogen-bond donors (Lipinski definition) is 1. The van der Waals surface area contributed by atoms with Crippen LogP contribution in [0.1, 0.15) is 34.0 Å². The minimum Gasteiger partial charge on any atom is -0.496 e. The van der Waals surface area contributed by atoms with Crippen molar-refractivity contribution in [3.05, 3.63) is 87.4 Å². The predicted molar refractivity (Wildman–Crippen MR) is 129 cm³/mol. The Labute approximate surface area is 196 Å². The molecule has 0 aliphatic carbocycles. The summed E-state index contributed by atoms with van der Waals surface area (Å²) in [6.07, 6.45) is 1.55. The fourth-order valence-corrected chi connectivity index (χ4v) is 3.28. The maximum atomic E-state index is 12.5. The lowest BCUT2D eigenvalue weighted by Crippen LogP contribution is -2.18. The first kappa shape index (κ1) is 23.3. The first-order valence-corrected chi connectivity index (χ1v) is 10.9. The van der Waals surface area contributed by atoms with Gasteiger partial charge in [0.1, 0.15) is 12.4 Å². The molecular formula is C25H25BrN2O4. The van der Waals surface area contributed by atoms with Crippen LogP contribution in [0.5, 0.6) is 17.2 Å². The van der Waals surface area contributed by atoms with Gasteiger partial charge in [0.05, 0.1) is 25.5 Å². The lowest BCUT2D eigenvalue weighted by Gasteiger charge is -2.13. The molecule has 0 saturated heterocycles. The second-order valence-corrected chi connectivity index (χ2v) is 7.87. The zero-order valence-corrected chi connectivity index (χ0v) is 19.8. The normalized spacial score (nSPS) is 10.8. The Kier molecular flexibility index (Phi) is 8.27. The van der Waals surface area contributed by atoms with Crippen LogP contribution < -0.4 is 19.6 Å². The van der Waals surface area contributed by atoms with Gasteiger partial charge in [-0.25, -0.2) is 5.43 Å². The molecule has 0 bridgehead atoms. The number of nitrogens with one attached hydrogen (secondary N) is 1. The highest BCUT2D eigenvalue weighted by Crippen LogP contribution is 2.29. The Morgan fingerprint density at radius 3 is 2.47 bits per heavy atom. The average molecular weight is 497 g/mol. The van der Waals surface area contributed by atoms with E-state index in [1.807, 2.05) is 37.3 Å². The molecule has 7 heteroatoms. The molecule has 0 radical (unpaired) electrons. The van der Waals surface area contributed by atoms with Crippen molar-refractivity contribution in [3.8, 4) is 17.2 Å². The van der Waals surface area contributed by atoms with Crippen LogP contribution in [-0.4, -0.2) is 25.8 Å². The van der Waals surface area contributed by atoms with Crippen molar-refractivity contribution < 1.29 is 19.0 Å². The highest BCUT2D eigenvalue weighted by Gasteiger charge is 2.12. The molecule has 0 heterocycles. The van der Waals surface area contributed by atoms with Crippen molar-refractivity contribution in [2.24, 2.45) is 5.10 Å². The van der Waals surface area contributed by atoms with Crippen molar-refractivity contribution in [3.63, 3.8) is 0 Å². The molecule has 0 fully saturated rings. The standard InChI is InChI=1S/C25H25BrN2O4/c1-4-31-24-13-19(9-11-23(24)32-16-18-7-5-17(2)6-8-18)15-27-28-25(29)21-14-20(26)10-12-22(21)30-3/h5-15H,4,16H2,1-3H3,(H,28,29). The van der Waals surface area contributed by atoms with Gasteiger partial charge >= 0.3 is 0 Å². The number of hydrazone groups is 1. The third-order valence-electron chi connectivity index (χ3n) is 4.57. The van der Waals surface area contributed by atoms with E-state index in [0.717, 1.165) is 15.6 Å². The topological polar surface area (TPSA) is 69.2 Å². The summed E-state index contributed by atoms with van der Waals surface area (Å²) in [6.45, 7) is 4.91. The van der Waals surface area contributed by atoms with Gasteiger partial charge in [-0.05, 0) is 61.4 Å². The van der Waals surface area contributed by atoms with Crippen molar-refractivity contribution >= 4 is 28.1 Å². The molecule has 1 amide bonds. The van der Waals surface area contributed by atoms with E-state index in [2.05, 4.69) is 45.5 Å². The number of benzene rings is 3. The lowest BCUT2D eigenvalue weighted by atomic mass is 10.2. The van der Waals surface area contributed by atoms with Gasteiger partial charge in [-0.3, -0.25) is 4.79 Å². The van der Waals surface area contributed by atoms with Gasteiger partial charge < -0.3 is 14.2 Å². The van der Waals surface area contributed by atoms with Gasteiger partial charge in [-0.2, -0.15) is 5.10 Å². The summed E-state index contributed by atoms with van der Waals surface area (Å²) in [4.78, 5) is 12.5. The number of amides is 1. The Balaban J connectivity index is 1.68. The molecular weight excluding hydrogens is 472 g/mol. The molecule has 0 aliphatic rings. The van der Waals surface area contributed by atoms with Gasteiger partial charge in [0, 0.05) is 4.47 Å². The number of hydrogen-bond acceptors (Lipinski definition) is 5. The SMILES string of the molecule is CCOc1cc(C=NNC(=O)c2cc(Br)ccc2OC)ccc1OCc1ccc(C)cc1. The van der Waals surface area contributed by atoms with E-state index in [-0.39, 0.29) is 5.91 Å². The molecule has 0 spiro atoms. The highest BCUT2D eigenvalue weighted by molar-refractivity contribution is 9.10. The zero-order chi connectivity index (χ0) is 22.9. The summed E-state index contributed by atoms with van der Waals surface area (Å²) in [7, 11) is 1.51. The quantitative estimate of drug-likeness (QED) is 0.313. The molecule has 166 valence electrons. The van der Waals surface area contributed by atoms with Gasteiger partial charge in [-0.15, -0.1) is 0 Å². The van der Waals surface area contributed by atoms with Crippen LogP contribution in [0.15, 0.2) is 70.2 Å². The molecule has 0 saturated carbocycles. The first-order valence-electron chi connectivity index (χ1n) is 10.1. The summed E-state index contributed by atoms with van der Waals surface area (Å²) < 4.78 is 17.7. The minimum absolute atomic E-state index is 0.373. The molecule has 3 aromatic carbocycles. The fourth-order valence-electron chi connectivity index (χ4n) is 2.92. The molecule has 3 rings (SSSR count). The summed E-state index contributed by atoms with van der Waals surface area (Å²) in [5.74, 6) is 1.35.